The molecule has 26 heavy (non-hydrogen) atoms. The highest BCUT2D eigenvalue weighted by Gasteiger charge is 2.47. The van der Waals surface area contributed by atoms with Crippen molar-refractivity contribution in [2.45, 2.75) is 38.8 Å². The first kappa shape index (κ1) is 17.3. The first-order valence-corrected chi connectivity index (χ1v) is 10.4. The zero-order valence-electron chi connectivity index (χ0n) is 15.1. The van der Waals surface area contributed by atoms with Gasteiger partial charge < -0.3 is 19.3 Å². The van der Waals surface area contributed by atoms with Crippen LogP contribution in [-0.2, 0) is 13.6 Å². The third-order valence-electron chi connectivity index (χ3n) is 4.87. The molecule has 1 unspecified atom stereocenters. The summed E-state index contributed by atoms with van der Waals surface area (Å²) in [7, 11) is -3.39. The average Bonchev–Trinajstić information content (AvgIpc) is 3.15. The van der Waals surface area contributed by atoms with Crippen LogP contribution in [0.3, 0.4) is 0 Å². The SMILES string of the molecule is Cc1ccc(N[C@@H](c2c[nH]c3ccccc23)P2(=O)O[C@@H](C)[C@@H](C)O2)cc1. The van der Waals surface area contributed by atoms with Gasteiger partial charge in [-0.15, -0.1) is 0 Å². The lowest BCUT2D eigenvalue weighted by Gasteiger charge is -2.24. The molecule has 136 valence electrons. The van der Waals surface area contributed by atoms with Crippen LogP contribution in [0.5, 0.6) is 0 Å². The van der Waals surface area contributed by atoms with E-state index in [1.165, 1.54) is 5.56 Å². The highest BCUT2D eigenvalue weighted by atomic mass is 31.2. The van der Waals surface area contributed by atoms with Gasteiger partial charge in [0.25, 0.3) is 0 Å². The molecular weight excluding hydrogens is 347 g/mol. The summed E-state index contributed by atoms with van der Waals surface area (Å²) in [6, 6.07) is 16.0. The summed E-state index contributed by atoms with van der Waals surface area (Å²) >= 11 is 0. The van der Waals surface area contributed by atoms with Gasteiger partial charge in [-0.2, -0.15) is 0 Å². The number of aromatic nitrogens is 1. The molecule has 0 bridgehead atoms. The number of rotatable bonds is 4. The van der Waals surface area contributed by atoms with E-state index in [1.807, 2.05) is 75.5 Å². The minimum atomic E-state index is -3.39. The topological polar surface area (TPSA) is 63.4 Å². The van der Waals surface area contributed by atoms with Gasteiger partial charge in [-0.3, -0.25) is 4.57 Å². The van der Waals surface area contributed by atoms with Crippen LogP contribution in [0.4, 0.5) is 5.69 Å². The number of para-hydroxylation sites is 1. The van der Waals surface area contributed by atoms with E-state index in [0.29, 0.717) is 0 Å². The Morgan fingerprint density at radius 2 is 1.69 bits per heavy atom. The molecule has 0 saturated carbocycles. The molecule has 1 saturated heterocycles. The Labute approximate surface area is 153 Å². The van der Waals surface area contributed by atoms with Crippen molar-refractivity contribution in [1.82, 2.24) is 4.98 Å². The van der Waals surface area contributed by atoms with Crippen LogP contribution in [0, 0.1) is 6.92 Å². The molecule has 0 amide bonds. The number of hydrogen-bond acceptors (Lipinski definition) is 4. The summed E-state index contributed by atoms with van der Waals surface area (Å²) in [4.78, 5) is 3.25. The Kier molecular flexibility index (Phi) is 4.39. The summed E-state index contributed by atoms with van der Waals surface area (Å²) in [6.07, 6.45) is 1.46. The van der Waals surface area contributed by atoms with Gasteiger partial charge in [0, 0.05) is 28.4 Å². The first-order valence-electron chi connectivity index (χ1n) is 8.82. The number of anilines is 1. The molecule has 2 heterocycles. The van der Waals surface area contributed by atoms with E-state index in [2.05, 4.69) is 10.3 Å². The largest absolute Gasteiger partial charge is 0.368 e. The molecule has 1 aromatic heterocycles. The highest BCUT2D eigenvalue weighted by Crippen LogP contribution is 2.66. The van der Waals surface area contributed by atoms with Crippen molar-refractivity contribution in [3.8, 4) is 0 Å². The minimum Gasteiger partial charge on any atom is -0.368 e. The second-order valence-corrected chi connectivity index (χ2v) is 8.88. The molecule has 6 heteroatoms. The van der Waals surface area contributed by atoms with Crippen LogP contribution in [0.1, 0.15) is 30.8 Å². The van der Waals surface area contributed by atoms with E-state index in [-0.39, 0.29) is 12.2 Å². The maximum absolute atomic E-state index is 13.6. The van der Waals surface area contributed by atoms with Crippen molar-refractivity contribution in [2.75, 3.05) is 5.32 Å². The van der Waals surface area contributed by atoms with Crippen molar-refractivity contribution in [1.29, 1.82) is 0 Å². The third kappa shape index (κ3) is 3.07. The Morgan fingerprint density at radius 1 is 1.04 bits per heavy atom. The van der Waals surface area contributed by atoms with E-state index < -0.39 is 13.4 Å². The van der Waals surface area contributed by atoms with Crippen LogP contribution in [0.2, 0.25) is 0 Å². The first-order chi connectivity index (χ1) is 12.5. The van der Waals surface area contributed by atoms with E-state index in [1.54, 1.807) is 0 Å². The molecule has 1 fully saturated rings. The van der Waals surface area contributed by atoms with Crippen molar-refractivity contribution < 1.29 is 13.6 Å². The molecule has 5 nitrogen and oxygen atoms in total. The number of H-pyrrole nitrogens is 1. The summed E-state index contributed by atoms with van der Waals surface area (Å²) < 4.78 is 25.3. The van der Waals surface area contributed by atoms with Crippen LogP contribution in [0.15, 0.2) is 54.7 Å². The van der Waals surface area contributed by atoms with E-state index >= 15 is 0 Å². The number of hydrogen-bond donors (Lipinski definition) is 2. The summed E-state index contributed by atoms with van der Waals surface area (Å²) in [5.74, 6) is -0.589. The Hall–Kier alpha value is -2.07. The maximum Gasteiger partial charge on any atom is 0.358 e. The van der Waals surface area contributed by atoms with Gasteiger partial charge >= 0.3 is 7.60 Å². The molecule has 0 aliphatic carbocycles. The lowest BCUT2D eigenvalue weighted by atomic mass is 10.1. The molecule has 0 spiro atoms. The molecule has 2 aromatic carbocycles. The molecule has 3 aromatic rings. The third-order valence-corrected chi connectivity index (χ3v) is 7.17. The Balaban J connectivity index is 1.79. The highest BCUT2D eigenvalue weighted by molar-refractivity contribution is 7.54. The molecular formula is C20H23N2O3P. The van der Waals surface area contributed by atoms with E-state index in [4.69, 9.17) is 9.05 Å². The summed E-state index contributed by atoms with van der Waals surface area (Å²) in [6.45, 7) is 5.82. The quantitative estimate of drug-likeness (QED) is 0.587. The van der Waals surface area contributed by atoms with Gasteiger partial charge in [0.1, 0.15) is 0 Å². The van der Waals surface area contributed by atoms with Crippen LogP contribution in [-0.4, -0.2) is 17.2 Å². The average molecular weight is 370 g/mol. The molecule has 1 aliphatic heterocycles. The normalized spacial score (nSPS) is 26.9. The fourth-order valence-corrected chi connectivity index (χ4v) is 5.66. The second kappa shape index (κ2) is 6.58. The summed E-state index contributed by atoms with van der Waals surface area (Å²) in [5, 5.41) is 4.40. The van der Waals surface area contributed by atoms with Crippen molar-refractivity contribution in [3.05, 3.63) is 65.9 Å². The predicted molar refractivity (Wildman–Crippen MR) is 105 cm³/mol. The van der Waals surface area contributed by atoms with E-state index in [9.17, 15) is 4.57 Å². The number of benzene rings is 2. The monoisotopic (exact) mass is 370 g/mol. The molecule has 2 N–H and O–H groups in total. The predicted octanol–water partition coefficient (Wildman–Crippen LogP) is 5.60. The van der Waals surface area contributed by atoms with Gasteiger partial charge in [-0.25, -0.2) is 0 Å². The lowest BCUT2D eigenvalue weighted by Crippen LogP contribution is -2.13. The van der Waals surface area contributed by atoms with E-state index in [0.717, 1.165) is 22.2 Å². The van der Waals surface area contributed by atoms with Gasteiger partial charge in [0.15, 0.2) is 5.78 Å². The van der Waals surface area contributed by atoms with Gasteiger partial charge in [0.05, 0.1) is 12.2 Å². The van der Waals surface area contributed by atoms with Crippen LogP contribution < -0.4 is 5.32 Å². The van der Waals surface area contributed by atoms with Gasteiger partial charge in [0.2, 0.25) is 0 Å². The standard InChI is InChI=1S/C20H23N2O3P/c1-13-8-10-16(11-9-13)22-20(26(23)24-14(2)15(3)25-26)18-12-21-19-7-5-4-6-17(18)19/h4-12,14-15,20-22H,1-3H3/t14-,15+,20-,26?/m1/s1. The van der Waals surface area contributed by atoms with Gasteiger partial charge in [-0.05, 0) is 39.0 Å². The Bertz CT molecular complexity index is 953. The number of fused-ring (bicyclic) bond motifs is 1. The fourth-order valence-electron chi connectivity index (χ4n) is 3.24. The maximum atomic E-state index is 13.6. The van der Waals surface area contributed by atoms with Crippen molar-refractivity contribution in [2.24, 2.45) is 0 Å². The minimum absolute atomic E-state index is 0.214. The number of aryl methyl sites for hydroxylation is 1. The lowest BCUT2D eigenvalue weighted by molar-refractivity contribution is 0.187. The zero-order chi connectivity index (χ0) is 18.3. The number of nitrogens with one attached hydrogen (secondary N) is 2. The zero-order valence-corrected chi connectivity index (χ0v) is 16.0. The molecule has 0 radical (unpaired) electrons. The van der Waals surface area contributed by atoms with Crippen LogP contribution >= 0.6 is 7.60 Å². The second-order valence-electron chi connectivity index (χ2n) is 6.86. The smallest absolute Gasteiger partial charge is 0.358 e. The van der Waals surface area contributed by atoms with Crippen molar-refractivity contribution >= 4 is 24.2 Å². The molecule has 4 rings (SSSR count). The van der Waals surface area contributed by atoms with Gasteiger partial charge in [-0.1, -0.05) is 35.9 Å². The fraction of sp³-hybridized carbons (Fsp3) is 0.300. The summed E-state index contributed by atoms with van der Waals surface area (Å²) in [5.41, 5.74) is 3.91. The van der Waals surface area contributed by atoms with Crippen LogP contribution in [0.25, 0.3) is 10.9 Å². The molecule has 4 atom stereocenters. The van der Waals surface area contributed by atoms with Crippen molar-refractivity contribution in [3.63, 3.8) is 0 Å². The number of aromatic amines is 1. The molecule has 1 aliphatic rings. The Morgan fingerprint density at radius 3 is 2.38 bits per heavy atom.